The van der Waals surface area contributed by atoms with E-state index in [4.69, 9.17) is 4.74 Å². The van der Waals surface area contributed by atoms with Gasteiger partial charge in [0.1, 0.15) is 11.4 Å². The summed E-state index contributed by atoms with van der Waals surface area (Å²) in [7, 11) is 0. The SMILES string of the molecule is O=C(Nc1ccccc1Oc1ccccc1)c1cc(NCc2cccnc2)ccn1. The quantitative estimate of drug-likeness (QED) is 0.453. The molecule has 4 rings (SSSR count). The van der Waals surface area contributed by atoms with Crippen LogP contribution in [-0.2, 0) is 6.54 Å². The normalized spacial score (nSPS) is 10.3. The number of amides is 1. The zero-order valence-electron chi connectivity index (χ0n) is 16.2. The monoisotopic (exact) mass is 396 g/mol. The highest BCUT2D eigenvalue weighted by molar-refractivity contribution is 6.04. The highest BCUT2D eigenvalue weighted by Crippen LogP contribution is 2.29. The minimum absolute atomic E-state index is 0.306. The second-order valence-electron chi connectivity index (χ2n) is 6.51. The van der Waals surface area contributed by atoms with Crippen molar-refractivity contribution in [3.05, 3.63) is 109 Å². The largest absolute Gasteiger partial charge is 0.455 e. The van der Waals surface area contributed by atoms with E-state index >= 15 is 0 Å². The van der Waals surface area contributed by atoms with Crippen molar-refractivity contribution in [2.45, 2.75) is 6.54 Å². The first kappa shape index (κ1) is 19.1. The molecule has 0 aliphatic heterocycles. The van der Waals surface area contributed by atoms with Crippen LogP contribution in [-0.4, -0.2) is 15.9 Å². The molecule has 6 heteroatoms. The third-order valence-electron chi connectivity index (χ3n) is 4.32. The first-order valence-corrected chi connectivity index (χ1v) is 9.50. The predicted molar refractivity (Wildman–Crippen MR) is 117 cm³/mol. The van der Waals surface area contributed by atoms with E-state index < -0.39 is 0 Å². The Morgan fingerprint density at radius 1 is 0.900 bits per heavy atom. The van der Waals surface area contributed by atoms with E-state index in [0.29, 0.717) is 29.4 Å². The molecule has 0 bridgehead atoms. The number of anilines is 2. The average Bonchev–Trinajstić information content (AvgIpc) is 2.80. The van der Waals surface area contributed by atoms with Crippen molar-refractivity contribution in [1.29, 1.82) is 0 Å². The van der Waals surface area contributed by atoms with Crippen LogP contribution < -0.4 is 15.4 Å². The summed E-state index contributed by atoms with van der Waals surface area (Å²) in [6.07, 6.45) is 5.13. The van der Waals surface area contributed by atoms with Crippen LogP contribution in [0.25, 0.3) is 0 Å². The summed E-state index contributed by atoms with van der Waals surface area (Å²) < 4.78 is 5.90. The first-order chi connectivity index (χ1) is 14.8. The molecule has 2 aromatic carbocycles. The number of benzene rings is 2. The number of pyridine rings is 2. The lowest BCUT2D eigenvalue weighted by atomic mass is 10.2. The number of aromatic nitrogens is 2. The Morgan fingerprint density at radius 3 is 2.57 bits per heavy atom. The lowest BCUT2D eigenvalue weighted by Gasteiger charge is -2.12. The maximum absolute atomic E-state index is 12.8. The molecule has 6 nitrogen and oxygen atoms in total. The van der Waals surface area contributed by atoms with E-state index in [1.54, 1.807) is 30.7 Å². The Labute approximate surface area is 174 Å². The molecule has 0 saturated carbocycles. The number of carbonyl (C=O) groups is 1. The highest BCUT2D eigenvalue weighted by atomic mass is 16.5. The van der Waals surface area contributed by atoms with E-state index in [-0.39, 0.29) is 5.91 Å². The van der Waals surface area contributed by atoms with Gasteiger partial charge in [-0.05, 0) is 48.0 Å². The zero-order chi connectivity index (χ0) is 20.6. The summed E-state index contributed by atoms with van der Waals surface area (Å²) in [5.74, 6) is 0.936. The van der Waals surface area contributed by atoms with Crippen LogP contribution in [0.1, 0.15) is 16.1 Å². The maximum Gasteiger partial charge on any atom is 0.274 e. The van der Waals surface area contributed by atoms with Gasteiger partial charge in [-0.15, -0.1) is 0 Å². The van der Waals surface area contributed by atoms with Crippen molar-refractivity contribution in [3.8, 4) is 11.5 Å². The molecular weight excluding hydrogens is 376 g/mol. The minimum atomic E-state index is -0.316. The molecule has 4 aromatic rings. The van der Waals surface area contributed by atoms with Gasteiger partial charge in [-0.1, -0.05) is 36.4 Å². The van der Waals surface area contributed by atoms with Crippen molar-refractivity contribution in [3.63, 3.8) is 0 Å². The van der Waals surface area contributed by atoms with Crippen LogP contribution in [0, 0.1) is 0 Å². The second-order valence-corrected chi connectivity index (χ2v) is 6.51. The van der Waals surface area contributed by atoms with Crippen LogP contribution in [0.5, 0.6) is 11.5 Å². The Morgan fingerprint density at radius 2 is 1.73 bits per heavy atom. The van der Waals surface area contributed by atoms with Crippen LogP contribution in [0.2, 0.25) is 0 Å². The molecule has 0 atom stereocenters. The minimum Gasteiger partial charge on any atom is -0.455 e. The van der Waals surface area contributed by atoms with E-state index in [0.717, 1.165) is 11.3 Å². The lowest BCUT2D eigenvalue weighted by molar-refractivity contribution is 0.102. The summed E-state index contributed by atoms with van der Waals surface area (Å²) in [5, 5.41) is 6.16. The molecule has 148 valence electrons. The summed E-state index contributed by atoms with van der Waals surface area (Å²) in [6, 6.07) is 24.1. The summed E-state index contributed by atoms with van der Waals surface area (Å²) in [5.41, 5.74) is 2.72. The van der Waals surface area contributed by atoms with Crippen molar-refractivity contribution >= 4 is 17.3 Å². The van der Waals surface area contributed by atoms with Gasteiger partial charge >= 0.3 is 0 Å². The molecule has 0 aliphatic rings. The zero-order valence-corrected chi connectivity index (χ0v) is 16.2. The maximum atomic E-state index is 12.8. The molecule has 2 heterocycles. The number of carbonyl (C=O) groups excluding carboxylic acids is 1. The Balaban J connectivity index is 1.45. The van der Waals surface area contributed by atoms with Gasteiger partial charge in [-0.25, -0.2) is 0 Å². The van der Waals surface area contributed by atoms with Crippen LogP contribution >= 0.6 is 0 Å². The lowest BCUT2D eigenvalue weighted by Crippen LogP contribution is -2.14. The highest BCUT2D eigenvalue weighted by Gasteiger charge is 2.12. The van der Waals surface area contributed by atoms with Crippen LogP contribution in [0.3, 0.4) is 0 Å². The number of para-hydroxylation sites is 3. The van der Waals surface area contributed by atoms with Gasteiger partial charge in [0.2, 0.25) is 0 Å². The van der Waals surface area contributed by atoms with Gasteiger partial charge in [-0.3, -0.25) is 14.8 Å². The molecule has 2 aromatic heterocycles. The molecule has 30 heavy (non-hydrogen) atoms. The number of hydrogen-bond acceptors (Lipinski definition) is 5. The van der Waals surface area contributed by atoms with E-state index in [1.807, 2.05) is 66.7 Å². The topological polar surface area (TPSA) is 76.1 Å². The Kier molecular flexibility index (Phi) is 5.96. The molecule has 0 saturated heterocycles. The summed E-state index contributed by atoms with van der Waals surface area (Å²) in [6.45, 7) is 0.604. The van der Waals surface area contributed by atoms with Crippen LogP contribution in [0.15, 0.2) is 97.5 Å². The number of rotatable bonds is 7. The third-order valence-corrected chi connectivity index (χ3v) is 4.32. The third kappa shape index (κ3) is 4.99. The Bertz CT molecular complexity index is 1120. The van der Waals surface area contributed by atoms with Crippen molar-refractivity contribution < 1.29 is 9.53 Å². The second kappa shape index (κ2) is 9.34. The fourth-order valence-corrected chi connectivity index (χ4v) is 2.83. The summed E-state index contributed by atoms with van der Waals surface area (Å²) >= 11 is 0. The molecule has 0 spiro atoms. The van der Waals surface area contributed by atoms with Crippen LogP contribution in [0.4, 0.5) is 11.4 Å². The first-order valence-electron chi connectivity index (χ1n) is 9.50. The number of ether oxygens (including phenoxy) is 1. The Hall–Kier alpha value is -4.19. The van der Waals surface area contributed by atoms with Gasteiger partial charge < -0.3 is 15.4 Å². The average molecular weight is 396 g/mol. The smallest absolute Gasteiger partial charge is 0.274 e. The molecule has 0 unspecified atom stereocenters. The number of hydrogen-bond donors (Lipinski definition) is 2. The van der Waals surface area contributed by atoms with Gasteiger partial charge in [0.15, 0.2) is 5.75 Å². The molecular formula is C24H20N4O2. The van der Waals surface area contributed by atoms with E-state index in [2.05, 4.69) is 20.6 Å². The van der Waals surface area contributed by atoms with Gasteiger partial charge in [0.25, 0.3) is 5.91 Å². The van der Waals surface area contributed by atoms with Crippen molar-refractivity contribution in [1.82, 2.24) is 9.97 Å². The predicted octanol–water partition coefficient (Wildman–Crippen LogP) is 5.13. The molecule has 0 aliphatic carbocycles. The molecule has 2 N–H and O–H groups in total. The van der Waals surface area contributed by atoms with Gasteiger partial charge in [-0.2, -0.15) is 0 Å². The fourth-order valence-electron chi connectivity index (χ4n) is 2.83. The molecule has 1 amide bonds. The van der Waals surface area contributed by atoms with E-state index in [9.17, 15) is 4.79 Å². The van der Waals surface area contributed by atoms with Crippen molar-refractivity contribution in [2.24, 2.45) is 0 Å². The fraction of sp³-hybridized carbons (Fsp3) is 0.0417. The number of nitrogens with zero attached hydrogens (tertiary/aromatic N) is 2. The number of nitrogens with one attached hydrogen (secondary N) is 2. The standard InChI is InChI=1S/C24H20N4O2/c29-24(22-15-19(12-14-26-22)27-17-18-7-6-13-25-16-18)28-21-10-4-5-11-23(21)30-20-8-2-1-3-9-20/h1-16H,17H2,(H,26,27)(H,28,29). The van der Waals surface area contributed by atoms with E-state index in [1.165, 1.54) is 0 Å². The molecule has 0 fully saturated rings. The van der Waals surface area contributed by atoms with Gasteiger partial charge in [0.05, 0.1) is 5.69 Å². The summed E-state index contributed by atoms with van der Waals surface area (Å²) in [4.78, 5) is 21.1. The van der Waals surface area contributed by atoms with Gasteiger partial charge in [0, 0.05) is 30.8 Å². The molecule has 0 radical (unpaired) electrons. The van der Waals surface area contributed by atoms with Crippen molar-refractivity contribution in [2.75, 3.05) is 10.6 Å².